The van der Waals surface area contributed by atoms with Crippen LogP contribution in [0.5, 0.6) is 0 Å². The van der Waals surface area contributed by atoms with E-state index in [1.54, 1.807) is 27.7 Å². The normalized spacial score (nSPS) is 28.3. The van der Waals surface area contributed by atoms with Gasteiger partial charge in [-0.25, -0.2) is 0 Å². The Kier molecular flexibility index (Phi) is 5.16. The minimum atomic E-state index is -0.857. The maximum Gasteiger partial charge on any atom is 0.309 e. The minimum Gasteiger partial charge on any atom is -0.460 e. The Balaban J connectivity index is 2.91. The number of hydrogen-bond donors (Lipinski definition) is 2. The van der Waals surface area contributed by atoms with Crippen LogP contribution in [0.3, 0.4) is 0 Å². The molecule has 1 saturated carbocycles. The molecule has 1 rings (SSSR count). The van der Waals surface area contributed by atoms with E-state index in [0.29, 0.717) is 12.8 Å². The van der Waals surface area contributed by atoms with Gasteiger partial charge in [-0.15, -0.1) is 0 Å². The van der Waals surface area contributed by atoms with Crippen molar-refractivity contribution in [2.45, 2.75) is 84.5 Å². The number of ether oxygens (including phenoxy) is 1. The molecule has 1 aliphatic carbocycles. The lowest BCUT2D eigenvalue weighted by Gasteiger charge is -2.44. The summed E-state index contributed by atoms with van der Waals surface area (Å²) >= 11 is 0. The average molecular weight is 300 g/mol. The van der Waals surface area contributed by atoms with E-state index in [1.165, 1.54) is 0 Å². The molecule has 4 heteroatoms. The molecule has 124 valence electrons. The fourth-order valence-electron chi connectivity index (χ4n) is 3.05. The van der Waals surface area contributed by atoms with E-state index >= 15 is 0 Å². The second kappa shape index (κ2) is 5.88. The highest BCUT2D eigenvalue weighted by atomic mass is 16.6. The summed E-state index contributed by atoms with van der Waals surface area (Å²) in [5.41, 5.74) is -2.22. The molecule has 4 nitrogen and oxygen atoms in total. The first-order chi connectivity index (χ1) is 9.20. The zero-order valence-electron chi connectivity index (χ0n) is 14.6. The van der Waals surface area contributed by atoms with Gasteiger partial charge < -0.3 is 14.9 Å². The first-order valence-corrected chi connectivity index (χ1v) is 7.88. The largest absolute Gasteiger partial charge is 0.460 e. The van der Waals surface area contributed by atoms with Gasteiger partial charge in [-0.3, -0.25) is 4.79 Å². The van der Waals surface area contributed by atoms with Crippen LogP contribution in [0.1, 0.15) is 67.7 Å². The van der Waals surface area contributed by atoms with E-state index < -0.39 is 16.8 Å². The van der Waals surface area contributed by atoms with Gasteiger partial charge in [0.15, 0.2) is 0 Å². The summed E-state index contributed by atoms with van der Waals surface area (Å²) in [5, 5.41) is 20.6. The molecule has 2 N–H and O–H groups in total. The predicted octanol–water partition coefficient (Wildman–Crippen LogP) is 2.90. The van der Waals surface area contributed by atoms with Crippen LogP contribution in [0.25, 0.3) is 0 Å². The van der Waals surface area contributed by atoms with Crippen molar-refractivity contribution in [2.24, 2.45) is 17.8 Å². The minimum absolute atomic E-state index is 0.0137. The number of rotatable bonds is 3. The molecule has 0 saturated heterocycles. The van der Waals surface area contributed by atoms with Gasteiger partial charge in [-0.05, 0) is 79.6 Å². The first kappa shape index (κ1) is 18.4. The molecular formula is C17H32O4. The Bertz CT molecular complexity index is 346. The van der Waals surface area contributed by atoms with E-state index in [0.717, 1.165) is 6.42 Å². The molecule has 0 aromatic carbocycles. The molecule has 2 atom stereocenters. The topological polar surface area (TPSA) is 66.8 Å². The van der Waals surface area contributed by atoms with E-state index in [9.17, 15) is 15.0 Å². The lowest BCUT2D eigenvalue weighted by molar-refractivity contribution is -0.166. The van der Waals surface area contributed by atoms with Crippen molar-refractivity contribution in [3.8, 4) is 0 Å². The highest BCUT2D eigenvalue weighted by Crippen LogP contribution is 2.43. The number of carbonyl (C=O) groups excluding carboxylic acids is 1. The Morgan fingerprint density at radius 3 is 1.52 bits per heavy atom. The van der Waals surface area contributed by atoms with E-state index in [-0.39, 0.29) is 23.7 Å². The molecule has 1 aliphatic rings. The second-order valence-corrected chi connectivity index (χ2v) is 8.64. The first-order valence-electron chi connectivity index (χ1n) is 7.88. The predicted molar refractivity (Wildman–Crippen MR) is 82.8 cm³/mol. The van der Waals surface area contributed by atoms with E-state index in [1.807, 2.05) is 20.8 Å². The Labute approximate surface area is 128 Å². The fourth-order valence-corrected chi connectivity index (χ4v) is 3.05. The highest BCUT2D eigenvalue weighted by Gasteiger charge is 2.44. The van der Waals surface area contributed by atoms with Crippen molar-refractivity contribution in [1.82, 2.24) is 0 Å². The van der Waals surface area contributed by atoms with Gasteiger partial charge in [-0.2, -0.15) is 0 Å². The van der Waals surface area contributed by atoms with Crippen LogP contribution in [-0.4, -0.2) is 33.0 Å². The number of carbonyl (C=O) groups is 1. The lowest BCUT2D eigenvalue weighted by atomic mass is 9.65. The van der Waals surface area contributed by atoms with Gasteiger partial charge in [0.1, 0.15) is 5.60 Å². The molecule has 0 aromatic heterocycles. The monoisotopic (exact) mass is 300 g/mol. The molecule has 1 fully saturated rings. The quantitative estimate of drug-likeness (QED) is 0.787. The van der Waals surface area contributed by atoms with Crippen LogP contribution in [0.4, 0.5) is 0 Å². The third-order valence-corrected chi connectivity index (χ3v) is 4.45. The zero-order valence-corrected chi connectivity index (χ0v) is 14.6. The van der Waals surface area contributed by atoms with E-state index in [4.69, 9.17) is 4.74 Å². The summed E-state index contributed by atoms with van der Waals surface area (Å²) in [4.78, 5) is 12.4. The molecule has 21 heavy (non-hydrogen) atoms. The van der Waals surface area contributed by atoms with Crippen molar-refractivity contribution in [2.75, 3.05) is 0 Å². The molecule has 0 heterocycles. The van der Waals surface area contributed by atoms with Gasteiger partial charge in [0.25, 0.3) is 0 Å². The maximum atomic E-state index is 12.4. The maximum absolute atomic E-state index is 12.4. The van der Waals surface area contributed by atoms with Crippen molar-refractivity contribution in [1.29, 1.82) is 0 Å². The second-order valence-electron chi connectivity index (χ2n) is 8.64. The van der Waals surface area contributed by atoms with Crippen molar-refractivity contribution in [3.05, 3.63) is 0 Å². The summed E-state index contributed by atoms with van der Waals surface area (Å²) in [5.74, 6) is -0.503. The summed E-state index contributed by atoms with van der Waals surface area (Å²) < 4.78 is 5.50. The third-order valence-electron chi connectivity index (χ3n) is 4.45. The highest BCUT2D eigenvalue weighted by molar-refractivity contribution is 5.73. The number of aliphatic hydroxyl groups is 2. The van der Waals surface area contributed by atoms with E-state index in [2.05, 4.69) is 0 Å². The Hall–Kier alpha value is -0.610. The van der Waals surface area contributed by atoms with Gasteiger partial charge >= 0.3 is 5.97 Å². The summed E-state index contributed by atoms with van der Waals surface area (Å²) in [6, 6.07) is 0. The van der Waals surface area contributed by atoms with Crippen LogP contribution in [0.2, 0.25) is 0 Å². The molecule has 0 aliphatic heterocycles. The fraction of sp³-hybridized carbons (Fsp3) is 0.941. The molecule has 0 radical (unpaired) electrons. The molecular weight excluding hydrogens is 268 g/mol. The number of hydrogen-bond acceptors (Lipinski definition) is 4. The third kappa shape index (κ3) is 5.59. The molecule has 0 amide bonds. The zero-order chi connectivity index (χ0) is 16.6. The SMILES string of the molecule is CC(C)(C)OC(=O)C1CC(C(C)(C)O)CC(C(C)(C)O)C1. The number of esters is 1. The standard InChI is InChI=1S/C17H32O4/c1-15(2,3)21-14(18)11-8-12(16(4,5)19)10-13(9-11)17(6,7)20/h11-13,19-20H,8-10H2,1-7H3. The van der Waals surface area contributed by atoms with Crippen molar-refractivity contribution in [3.63, 3.8) is 0 Å². The van der Waals surface area contributed by atoms with Crippen LogP contribution >= 0.6 is 0 Å². The van der Waals surface area contributed by atoms with Gasteiger partial charge in [-0.1, -0.05) is 0 Å². The lowest BCUT2D eigenvalue weighted by Crippen LogP contribution is -2.46. The van der Waals surface area contributed by atoms with Crippen molar-refractivity contribution < 1.29 is 19.7 Å². The van der Waals surface area contributed by atoms with Crippen LogP contribution in [0, 0.1) is 17.8 Å². The van der Waals surface area contributed by atoms with Crippen LogP contribution in [0.15, 0.2) is 0 Å². The molecule has 0 bridgehead atoms. The van der Waals surface area contributed by atoms with Gasteiger partial charge in [0.05, 0.1) is 17.1 Å². The van der Waals surface area contributed by atoms with Crippen molar-refractivity contribution >= 4 is 5.97 Å². The Morgan fingerprint density at radius 2 is 1.24 bits per heavy atom. The Morgan fingerprint density at radius 1 is 0.857 bits per heavy atom. The molecule has 0 spiro atoms. The average Bonchev–Trinajstić information content (AvgIpc) is 2.23. The molecule has 2 unspecified atom stereocenters. The summed E-state index contributed by atoms with van der Waals surface area (Å²) in [7, 11) is 0. The summed E-state index contributed by atoms with van der Waals surface area (Å²) in [6.07, 6.45) is 1.96. The van der Waals surface area contributed by atoms with Crippen LogP contribution in [-0.2, 0) is 9.53 Å². The summed E-state index contributed by atoms with van der Waals surface area (Å²) in [6.45, 7) is 12.7. The molecule has 0 aromatic rings. The smallest absolute Gasteiger partial charge is 0.309 e. The van der Waals surface area contributed by atoms with Crippen LogP contribution < -0.4 is 0 Å². The van der Waals surface area contributed by atoms with Gasteiger partial charge in [0, 0.05) is 0 Å². The van der Waals surface area contributed by atoms with Gasteiger partial charge in [0.2, 0.25) is 0 Å².